The molecular formula is C15H19N3O3. The molecule has 1 aromatic heterocycles. The lowest BCUT2D eigenvalue weighted by Crippen LogP contribution is -2.18. The highest BCUT2D eigenvalue weighted by Crippen LogP contribution is 2.29. The number of nitro groups is 1. The highest BCUT2D eigenvalue weighted by Gasteiger charge is 2.20. The maximum absolute atomic E-state index is 11.0. The number of hydrogen-bond acceptors (Lipinski definition) is 5. The second kappa shape index (κ2) is 5.71. The Kier molecular flexibility index (Phi) is 3.77. The van der Waals surface area contributed by atoms with E-state index in [1.807, 2.05) is 0 Å². The van der Waals surface area contributed by atoms with Crippen LogP contribution in [0.1, 0.15) is 39.0 Å². The molecule has 21 heavy (non-hydrogen) atoms. The van der Waals surface area contributed by atoms with Crippen molar-refractivity contribution in [3.8, 4) is 0 Å². The molecule has 1 fully saturated rings. The maximum Gasteiger partial charge on any atom is 0.298 e. The third-order valence-electron chi connectivity index (χ3n) is 4.18. The lowest BCUT2D eigenvalue weighted by atomic mass is 10.0. The zero-order chi connectivity index (χ0) is 14.8. The number of nitrogens with one attached hydrogen (secondary N) is 1. The van der Waals surface area contributed by atoms with Crippen LogP contribution in [0.3, 0.4) is 0 Å². The van der Waals surface area contributed by atoms with E-state index in [9.17, 15) is 10.1 Å². The molecule has 3 rings (SSSR count). The van der Waals surface area contributed by atoms with Gasteiger partial charge in [0.15, 0.2) is 11.1 Å². The molecule has 112 valence electrons. The summed E-state index contributed by atoms with van der Waals surface area (Å²) >= 11 is 0. The van der Waals surface area contributed by atoms with Gasteiger partial charge in [-0.05, 0) is 31.2 Å². The number of rotatable bonds is 3. The SMILES string of the molecule is CC1CCCC(Nc2nc3c([N+](=O)[O-])cccc3o2)CC1. The van der Waals surface area contributed by atoms with Crippen molar-refractivity contribution >= 4 is 22.8 Å². The summed E-state index contributed by atoms with van der Waals surface area (Å²) in [4.78, 5) is 14.8. The van der Waals surface area contributed by atoms with Crippen molar-refractivity contribution in [3.05, 3.63) is 28.3 Å². The molecular weight excluding hydrogens is 270 g/mol. The molecule has 1 N–H and O–H groups in total. The number of hydrogen-bond donors (Lipinski definition) is 1. The molecule has 0 radical (unpaired) electrons. The topological polar surface area (TPSA) is 81.2 Å². The molecule has 1 saturated carbocycles. The zero-order valence-electron chi connectivity index (χ0n) is 12.0. The molecule has 0 bridgehead atoms. The van der Waals surface area contributed by atoms with Gasteiger partial charge in [-0.25, -0.2) is 0 Å². The fourth-order valence-corrected chi connectivity index (χ4v) is 2.95. The quantitative estimate of drug-likeness (QED) is 0.522. The first-order valence-electron chi connectivity index (χ1n) is 7.44. The van der Waals surface area contributed by atoms with Crippen LogP contribution in [0.25, 0.3) is 11.1 Å². The van der Waals surface area contributed by atoms with Gasteiger partial charge in [-0.3, -0.25) is 10.1 Å². The molecule has 2 aromatic rings. The molecule has 1 aliphatic carbocycles. The van der Waals surface area contributed by atoms with Crippen molar-refractivity contribution in [1.29, 1.82) is 0 Å². The number of anilines is 1. The molecule has 2 atom stereocenters. The molecule has 1 heterocycles. The predicted octanol–water partition coefficient (Wildman–Crippen LogP) is 4.12. The number of non-ortho nitro benzene ring substituents is 1. The molecule has 0 spiro atoms. The van der Waals surface area contributed by atoms with Gasteiger partial charge in [-0.15, -0.1) is 0 Å². The Bertz CT molecular complexity index is 653. The minimum absolute atomic E-state index is 0.0150. The lowest BCUT2D eigenvalue weighted by molar-refractivity contribution is -0.383. The first-order valence-corrected chi connectivity index (χ1v) is 7.44. The van der Waals surface area contributed by atoms with Crippen LogP contribution in [0.15, 0.2) is 22.6 Å². The summed E-state index contributed by atoms with van der Waals surface area (Å²) in [6.07, 6.45) is 5.82. The van der Waals surface area contributed by atoms with Gasteiger partial charge in [0.25, 0.3) is 11.7 Å². The highest BCUT2D eigenvalue weighted by molar-refractivity contribution is 5.84. The summed E-state index contributed by atoms with van der Waals surface area (Å²) in [5.41, 5.74) is 0.750. The van der Waals surface area contributed by atoms with Crippen LogP contribution in [-0.4, -0.2) is 15.9 Å². The summed E-state index contributed by atoms with van der Waals surface area (Å²) in [5.74, 6) is 0.765. The second-order valence-corrected chi connectivity index (χ2v) is 5.85. The lowest BCUT2D eigenvalue weighted by Gasteiger charge is -2.14. The van der Waals surface area contributed by atoms with Crippen LogP contribution in [0.4, 0.5) is 11.7 Å². The smallest absolute Gasteiger partial charge is 0.298 e. The summed E-state index contributed by atoms with van der Waals surface area (Å²) < 4.78 is 5.60. The van der Waals surface area contributed by atoms with Crippen molar-refractivity contribution in [1.82, 2.24) is 4.98 Å². The summed E-state index contributed by atoms with van der Waals surface area (Å²) in [5, 5.41) is 14.3. The van der Waals surface area contributed by atoms with E-state index in [0.29, 0.717) is 23.2 Å². The van der Waals surface area contributed by atoms with Gasteiger partial charge >= 0.3 is 0 Å². The largest absolute Gasteiger partial charge is 0.423 e. The van der Waals surface area contributed by atoms with Crippen LogP contribution in [-0.2, 0) is 0 Å². The van der Waals surface area contributed by atoms with Crippen LogP contribution in [0, 0.1) is 16.0 Å². The standard InChI is InChI=1S/C15H19N3O3/c1-10-4-2-5-11(9-8-10)16-15-17-14-12(18(19)20)6-3-7-13(14)21-15/h3,6-7,10-11H,2,4-5,8-9H2,1H3,(H,16,17). The van der Waals surface area contributed by atoms with Gasteiger partial charge in [0.1, 0.15) is 0 Å². The highest BCUT2D eigenvalue weighted by atomic mass is 16.6. The third kappa shape index (κ3) is 2.99. The molecule has 0 aliphatic heterocycles. The van der Waals surface area contributed by atoms with E-state index in [1.165, 1.54) is 25.3 Å². The number of para-hydroxylation sites is 1. The Morgan fingerprint density at radius 3 is 3.00 bits per heavy atom. The minimum atomic E-state index is -0.429. The van der Waals surface area contributed by atoms with Gasteiger partial charge in [0, 0.05) is 12.1 Å². The Morgan fingerprint density at radius 2 is 2.19 bits per heavy atom. The first kappa shape index (κ1) is 13.9. The van der Waals surface area contributed by atoms with Crippen molar-refractivity contribution in [2.75, 3.05) is 5.32 Å². The van der Waals surface area contributed by atoms with Crippen LogP contribution >= 0.6 is 0 Å². The van der Waals surface area contributed by atoms with E-state index in [2.05, 4.69) is 17.2 Å². The molecule has 6 nitrogen and oxygen atoms in total. The number of aromatic nitrogens is 1. The number of oxazole rings is 1. The van der Waals surface area contributed by atoms with Crippen molar-refractivity contribution in [2.45, 2.75) is 45.1 Å². The van der Waals surface area contributed by atoms with Gasteiger partial charge in [0.05, 0.1) is 4.92 Å². The average molecular weight is 289 g/mol. The third-order valence-corrected chi connectivity index (χ3v) is 4.18. The Hall–Kier alpha value is -2.11. The summed E-state index contributed by atoms with van der Waals surface area (Å²) in [6, 6.07) is 5.49. The van der Waals surface area contributed by atoms with E-state index in [0.717, 1.165) is 18.8 Å². The van der Waals surface area contributed by atoms with Crippen LogP contribution < -0.4 is 5.32 Å². The van der Waals surface area contributed by atoms with Crippen molar-refractivity contribution in [3.63, 3.8) is 0 Å². The Labute approximate surface area is 122 Å². The van der Waals surface area contributed by atoms with Gasteiger partial charge < -0.3 is 9.73 Å². The van der Waals surface area contributed by atoms with E-state index < -0.39 is 4.92 Å². The molecule has 1 aliphatic rings. The van der Waals surface area contributed by atoms with Crippen molar-refractivity contribution < 1.29 is 9.34 Å². The fraction of sp³-hybridized carbons (Fsp3) is 0.533. The number of fused-ring (bicyclic) bond motifs is 1. The first-order chi connectivity index (χ1) is 10.1. The van der Waals surface area contributed by atoms with Crippen LogP contribution in [0.5, 0.6) is 0 Å². The average Bonchev–Trinajstić information content (AvgIpc) is 2.75. The van der Waals surface area contributed by atoms with E-state index in [-0.39, 0.29) is 5.69 Å². The van der Waals surface area contributed by atoms with Crippen LogP contribution in [0.2, 0.25) is 0 Å². The number of nitrogens with zero attached hydrogens (tertiary/aromatic N) is 2. The monoisotopic (exact) mass is 289 g/mol. The zero-order valence-corrected chi connectivity index (χ0v) is 12.0. The molecule has 6 heteroatoms. The van der Waals surface area contributed by atoms with Gasteiger partial charge in [0.2, 0.25) is 0 Å². The number of nitro benzene ring substituents is 1. The normalized spacial score (nSPS) is 22.9. The molecule has 0 amide bonds. The van der Waals surface area contributed by atoms with Gasteiger partial charge in [-0.2, -0.15) is 4.98 Å². The number of benzene rings is 1. The molecule has 2 unspecified atom stereocenters. The van der Waals surface area contributed by atoms with E-state index in [1.54, 1.807) is 12.1 Å². The molecule has 1 aromatic carbocycles. The minimum Gasteiger partial charge on any atom is -0.423 e. The van der Waals surface area contributed by atoms with E-state index in [4.69, 9.17) is 4.42 Å². The molecule has 0 saturated heterocycles. The van der Waals surface area contributed by atoms with Gasteiger partial charge in [-0.1, -0.05) is 25.8 Å². The fourth-order valence-electron chi connectivity index (χ4n) is 2.95. The Morgan fingerprint density at radius 1 is 1.33 bits per heavy atom. The second-order valence-electron chi connectivity index (χ2n) is 5.85. The summed E-state index contributed by atoms with van der Waals surface area (Å²) in [7, 11) is 0. The maximum atomic E-state index is 11.0. The summed E-state index contributed by atoms with van der Waals surface area (Å²) in [6.45, 7) is 2.28. The Balaban J connectivity index is 1.81. The van der Waals surface area contributed by atoms with Crippen molar-refractivity contribution in [2.24, 2.45) is 5.92 Å². The van der Waals surface area contributed by atoms with E-state index >= 15 is 0 Å². The predicted molar refractivity (Wildman–Crippen MR) is 80.3 cm³/mol.